The van der Waals surface area contributed by atoms with Crippen molar-refractivity contribution in [3.8, 4) is 0 Å². The van der Waals surface area contributed by atoms with E-state index in [-0.39, 0.29) is 17.0 Å². The summed E-state index contributed by atoms with van der Waals surface area (Å²) in [5.41, 5.74) is 0.861. The molecule has 1 aliphatic rings. The molecule has 1 unspecified atom stereocenters. The Morgan fingerprint density at radius 2 is 2.16 bits per heavy atom. The van der Waals surface area contributed by atoms with Crippen LogP contribution in [0.15, 0.2) is 35.7 Å². The number of hydrogen-bond acceptors (Lipinski definition) is 3. The lowest BCUT2D eigenvalue weighted by atomic mass is 9.90. The Bertz CT molecular complexity index is 701. The molecular formula is C19H21ClFNO2S. The fourth-order valence-electron chi connectivity index (χ4n) is 3.14. The monoisotopic (exact) mass is 381 g/mol. The number of rotatable bonds is 6. The first-order valence-electron chi connectivity index (χ1n) is 8.48. The van der Waals surface area contributed by atoms with Gasteiger partial charge in [0.15, 0.2) is 0 Å². The van der Waals surface area contributed by atoms with Crippen molar-refractivity contribution >= 4 is 28.8 Å². The Morgan fingerprint density at radius 1 is 1.36 bits per heavy atom. The number of thiophene rings is 1. The maximum absolute atomic E-state index is 13.2. The zero-order valence-corrected chi connectivity index (χ0v) is 15.4. The van der Waals surface area contributed by atoms with Crippen LogP contribution in [0.4, 0.5) is 4.39 Å². The van der Waals surface area contributed by atoms with Crippen LogP contribution in [0.3, 0.4) is 0 Å². The third-order valence-corrected chi connectivity index (χ3v) is 5.77. The lowest BCUT2D eigenvalue weighted by Gasteiger charge is -2.30. The molecule has 0 radical (unpaired) electrons. The summed E-state index contributed by atoms with van der Waals surface area (Å²) in [5, 5.41) is 5.32. The molecule has 2 aromatic rings. The number of carbonyl (C=O) groups excluding carboxylic acids is 1. The van der Waals surface area contributed by atoms with Gasteiger partial charge in [0.05, 0.1) is 11.1 Å². The van der Waals surface area contributed by atoms with Gasteiger partial charge in [-0.15, -0.1) is 11.3 Å². The van der Waals surface area contributed by atoms with Crippen molar-refractivity contribution in [1.82, 2.24) is 5.32 Å². The van der Waals surface area contributed by atoms with Gasteiger partial charge in [0.25, 0.3) is 0 Å². The van der Waals surface area contributed by atoms with E-state index in [0.717, 1.165) is 31.6 Å². The predicted molar refractivity (Wildman–Crippen MR) is 98.5 cm³/mol. The maximum atomic E-state index is 13.2. The largest absolute Gasteiger partial charge is 0.381 e. The summed E-state index contributed by atoms with van der Waals surface area (Å²) in [7, 11) is 0. The highest BCUT2D eigenvalue weighted by Gasteiger charge is 2.27. The number of hydrogen-bond donors (Lipinski definition) is 1. The van der Waals surface area contributed by atoms with Crippen LogP contribution in [-0.2, 0) is 16.0 Å². The van der Waals surface area contributed by atoms with Gasteiger partial charge < -0.3 is 10.1 Å². The van der Waals surface area contributed by atoms with E-state index in [1.165, 1.54) is 10.9 Å². The molecule has 3 nitrogen and oxygen atoms in total. The summed E-state index contributed by atoms with van der Waals surface area (Å²) in [6.07, 6.45) is 2.80. The summed E-state index contributed by atoms with van der Waals surface area (Å²) >= 11 is 7.47. The lowest BCUT2D eigenvalue weighted by Crippen LogP contribution is -2.35. The van der Waals surface area contributed by atoms with E-state index in [4.69, 9.17) is 16.3 Å². The van der Waals surface area contributed by atoms with Crippen LogP contribution in [0.1, 0.15) is 35.7 Å². The molecule has 2 heterocycles. The van der Waals surface area contributed by atoms with E-state index >= 15 is 0 Å². The van der Waals surface area contributed by atoms with Gasteiger partial charge in [-0.25, -0.2) is 4.39 Å². The van der Waals surface area contributed by atoms with Crippen LogP contribution in [0.2, 0.25) is 5.02 Å². The molecule has 25 heavy (non-hydrogen) atoms. The molecule has 0 bridgehead atoms. The Morgan fingerprint density at radius 3 is 2.84 bits per heavy atom. The van der Waals surface area contributed by atoms with Gasteiger partial charge in [0, 0.05) is 24.5 Å². The molecule has 1 fully saturated rings. The quantitative estimate of drug-likeness (QED) is 0.783. The van der Waals surface area contributed by atoms with Crippen LogP contribution in [0.25, 0.3) is 0 Å². The first-order chi connectivity index (χ1) is 12.1. The van der Waals surface area contributed by atoms with Crippen LogP contribution in [0.5, 0.6) is 0 Å². The molecule has 1 atom stereocenters. The SMILES string of the molecule is O=C(CCc1ccc(F)c(Cl)c1)NC(c1cccs1)C1CCOCC1. The first kappa shape index (κ1) is 18.4. The number of aryl methyl sites for hydroxylation is 1. The molecule has 1 saturated heterocycles. The first-order valence-corrected chi connectivity index (χ1v) is 9.73. The second-order valence-corrected chi connectivity index (χ2v) is 7.65. The number of ether oxygens (including phenoxy) is 1. The van der Waals surface area contributed by atoms with E-state index in [1.807, 2.05) is 11.4 Å². The zero-order chi connectivity index (χ0) is 17.6. The third kappa shape index (κ3) is 5.03. The number of carbonyl (C=O) groups is 1. The molecule has 0 saturated carbocycles. The highest BCUT2D eigenvalue weighted by Crippen LogP contribution is 2.32. The normalized spacial score (nSPS) is 16.6. The minimum Gasteiger partial charge on any atom is -0.381 e. The van der Waals surface area contributed by atoms with Gasteiger partial charge in [-0.05, 0) is 54.3 Å². The van der Waals surface area contributed by atoms with Crippen molar-refractivity contribution in [1.29, 1.82) is 0 Å². The number of amides is 1. The molecule has 1 aromatic carbocycles. The van der Waals surface area contributed by atoms with Gasteiger partial charge in [0.1, 0.15) is 5.82 Å². The van der Waals surface area contributed by atoms with Gasteiger partial charge in [-0.1, -0.05) is 23.7 Å². The fraction of sp³-hybridized carbons (Fsp3) is 0.421. The summed E-state index contributed by atoms with van der Waals surface area (Å²) in [6, 6.07) is 8.71. The summed E-state index contributed by atoms with van der Waals surface area (Å²) in [5.74, 6) is -0.0332. The van der Waals surface area contributed by atoms with E-state index in [9.17, 15) is 9.18 Å². The molecule has 3 rings (SSSR count). The Hall–Kier alpha value is -1.43. The summed E-state index contributed by atoms with van der Waals surface area (Å²) in [4.78, 5) is 13.7. The van der Waals surface area contributed by atoms with Gasteiger partial charge in [-0.3, -0.25) is 4.79 Å². The van der Waals surface area contributed by atoms with E-state index in [1.54, 1.807) is 23.5 Å². The lowest BCUT2D eigenvalue weighted by molar-refractivity contribution is -0.122. The van der Waals surface area contributed by atoms with E-state index in [0.29, 0.717) is 18.8 Å². The predicted octanol–water partition coefficient (Wildman–Crippen LogP) is 4.76. The van der Waals surface area contributed by atoms with Gasteiger partial charge in [-0.2, -0.15) is 0 Å². The average Bonchev–Trinajstić information content (AvgIpc) is 3.16. The topological polar surface area (TPSA) is 38.3 Å². The van der Waals surface area contributed by atoms with Crippen LogP contribution >= 0.6 is 22.9 Å². The number of nitrogens with one attached hydrogen (secondary N) is 1. The van der Waals surface area contributed by atoms with E-state index in [2.05, 4.69) is 11.4 Å². The maximum Gasteiger partial charge on any atom is 0.220 e. The smallest absolute Gasteiger partial charge is 0.220 e. The molecule has 6 heteroatoms. The second kappa shape index (κ2) is 8.79. The molecular weight excluding hydrogens is 361 g/mol. The number of benzene rings is 1. The highest BCUT2D eigenvalue weighted by atomic mass is 35.5. The van der Waals surface area contributed by atoms with Crippen molar-refractivity contribution in [3.63, 3.8) is 0 Å². The molecule has 0 aliphatic carbocycles. The average molecular weight is 382 g/mol. The molecule has 1 aliphatic heterocycles. The molecule has 0 spiro atoms. The molecule has 134 valence electrons. The minimum atomic E-state index is -0.438. The van der Waals surface area contributed by atoms with E-state index < -0.39 is 5.82 Å². The summed E-state index contributed by atoms with van der Waals surface area (Å²) in [6.45, 7) is 1.49. The fourth-order valence-corrected chi connectivity index (χ4v) is 4.21. The standard InChI is InChI=1S/C19H21ClFNO2S/c20-15-12-13(3-5-16(15)21)4-6-18(23)22-19(17-2-1-11-25-17)14-7-9-24-10-8-14/h1-3,5,11-12,14,19H,4,6-10H2,(H,22,23). The molecule has 1 amide bonds. The molecule has 1 aromatic heterocycles. The van der Waals surface area contributed by atoms with Crippen molar-refractivity contribution in [3.05, 3.63) is 57.0 Å². The minimum absolute atomic E-state index is 0.00494. The Labute approximate surface area is 156 Å². The molecule has 1 N–H and O–H groups in total. The van der Waals surface area contributed by atoms with Crippen molar-refractivity contribution in [2.45, 2.75) is 31.7 Å². The second-order valence-electron chi connectivity index (χ2n) is 6.26. The van der Waals surface area contributed by atoms with Crippen molar-refractivity contribution in [2.75, 3.05) is 13.2 Å². The van der Waals surface area contributed by atoms with Crippen molar-refractivity contribution < 1.29 is 13.9 Å². The zero-order valence-electron chi connectivity index (χ0n) is 13.8. The Kier molecular flexibility index (Phi) is 6.45. The van der Waals surface area contributed by atoms with Gasteiger partial charge in [0.2, 0.25) is 5.91 Å². The third-order valence-electron chi connectivity index (χ3n) is 4.53. The van der Waals surface area contributed by atoms with Crippen LogP contribution in [0, 0.1) is 11.7 Å². The van der Waals surface area contributed by atoms with Crippen LogP contribution < -0.4 is 5.32 Å². The van der Waals surface area contributed by atoms with Crippen molar-refractivity contribution in [2.24, 2.45) is 5.92 Å². The Balaban J connectivity index is 1.60. The van der Waals surface area contributed by atoms with Crippen LogP contribution in [-0.4, -0.2) is 19.1 Å². The number of halogens is 2. The summed E-state index contributed by atoms with van der Waals surface area (Å²) < 4.78 is 18.7. The van der Waals surface area contributed by atoms with Gasteiger partial charge >= 0.3 is 0 Å². The highest BCUT2D eigenvalue weighted by molar-refractivity contribution is 7.10.